The largest absolute Gasteiger partial charge is 0.444 e. The molecule has 2 heterocycles. The molecule has 0 aromatic heterocycles. The number of benzene rings is 1. The minimum Gasteiger partial charge on any atom is -0.444 e. The standard InChI is InChI=1S/C24H34N4O2/c1-23(2,3)30-22(29)27-16-24(17-27,11-12-25)28-13-9-19(10-14-28)26-21-15-20(21)18-7-5-4-6-8-18/h4-8,19-21,26H,9-11,13-17H2,1-3H3. The topological polar surface area (TPSA) is 68.6 Å². The number of amides is 1. The maximum Gasteiger partial charge on any atom is 0.410 e. The van der Waals surface area contributed by atoms with Gasteiger partial charge in [-0.3, -0.25) is 4.90 Å². The molecule has 30 heavy (non-hydrogen) atoms. The van der Waals surface area contributed by atoms with Crippen molar-refractivity contribution in [3.05, 3.63) is 35.9 Å². The molecule has 1 aliphatic carbocycles. The molecule has 1 amide bonds. The molecule has 162 valence electrons. The van der Waals surface area contributed by atoms with Crippen molar-refractivity contribution in [1.82, 2.24) is 15.1 Å². The lowest BCUT2D eigenvalue weighted by molar-refractivity contribution is -0.0706. The SMILES string of the molecule is CC(C)(C)OC(=O)N1CC(CC#N)(N2CCC(NC3CC3c3ccccc3)CC2)C1. The number of rotatable bonds is 5. The van der Waals surface area contributed by atoms with Crippen molar-refractivity contribution in [2.24, 2.45) is 0 Å². The lowest BCUT2D eigenvalue weighted by Crippen LogP contribution is -2.72. The summed E-state index contributed by atoms with van der Waals surface area (Å²) in [4.78, 5) is 16.5. The van der Waals surface area contributed by atoms with Gasteiger partial charge in [-0.2, -0.15) is 5.26 Å². The normalized spacial score (nSPS) is 26.5. The molecule has 2 atom stereocenters. The molecular formula is C24H34N4O2. The average molecular weight is 411 g/mol. The summed E-state index contributed by atoms with van der Waals surface area (Å²) in [6, 6.07) is 14.3. The van der Waals surface area contributed by atoms with Gasteiger partial charge in [0, 0.05) is 44.2 Å². The Bertz CT molecular complexity index is 784. The van der Waals surface area contributed by atoms with Crippen LogP contribution in [0.4, 0.5) is 4.79 Å². The Labute approximate surface area is 180 Å². The van der Waals surface area contributed by atoms with Crippen molar-refractivity contribution in [3.8, 4) is 6.07 Å². The minimum absolute atomic E-state index is 0.206. The Kier molecular flexibility index (Phi) is 5.78. The van der Waals surface area contributed by atoms with Crippen LogP contribution in [0.15, 0.2) is 30.3 Å². The summed E-state index contributed by atoms with van der Waals surface area (Å²) in [5, 5.41) is 13.3. The van der Waals surface area contributed by atoms with E-state index in [2.05, 4.69) is 46.6 Å². The first-order chi connectivity index (χ1) is 14.3. The van der Waals surface area contributed by atoms with E-state index >= 15 is 0 Å². The van der Waals surface area contributed by atoms with Crippen LogP contribution < -0.4 is 5.32 Å². The summed E-state index contributed by atoms with van der Waals surface area (Å²) in [5.41, 5.74) is 0.745. The van der Waals surface area contributed by atoms with E-state index in [0.717, 1.165) is 25.9 Å². The van der Waals surface area contributed by atoms with Gasteiger partial charge in [0.15, 0.2) is 0 Å². The number of carbonyl (C=O) groups is 1. The number of nitrogens with zero attached hydrogens (tertiary/aromatic N) is 3. The van der Waals surface area contributed by atoms with Gasteiger partial charge in [0.1, 0.15) is 5.60 Å². The maximum atomic E-state index is 12.3. The number of nitrogens with one attached hydrogen (secondary N) is 1. The second-order valence-electron chi connectivity index (χ2n) is 10.2. The number of carbonyl (C=O) groups excluding carboxylic acids is 1. The number of nitriles is 1. The highest BCUT2D eigenvalue weighted by atomic mass is 16.6. The molecule has 0 bridgehead atoms. The highest BCUT2D eigenvalue weighted by Gasteiger charge is 2.51. The van der Waals surface area contributed by atoms with Crippen LogP contribution in [-0.2, 0) is 4.74 Å². The highest BCUT2D eigenvalue weighted by molar-refractivity contribution is 5.70. The fourth-order valence-corrected chi connectivity index (χ4v) is 4.96. The number of ether oxygens (including phenoxy) is 1. The van der Waals surface area contributed by atoms with E-state index in [0.29, 0.717) is 37.5 Å². The van der Waals surface area contributed by atoms with E-state index in [1.807, 2.05) is 20.8 Å². The van der Waals surface area contributed by atoms with Crippen molar-refractivity contribution >= 4 is 6.09 Å². The van der Waals surface area contributed by atoms with Gasteiger partial charge in [0.2, 0.25) is 0 Å². The van der Waals surface area contributed by atoms with Crippen LogP contribution in [0.5, 0.6) is 0 Å². The van der Waals surface area contributed by atoms with E-state index < -0.39 is 5.60 Å². The quantitative estimate of drug-likeness (QED) is 0.805. The third-order valence-electron chi connectivity index (χ3n) is 6.66. The Morgan fingerprint density at radius 1 is 1.23 bits per heavy atom. The summed E-state index contributed by atoms with van der Waals surface area (Å²) in [6.45, 7) is 8.78. The second kappa shape index (κ2) is 8.20. The lowest BCUT2D eigenvalue weighted by atomic mass is 9.83. The summed E-state index contributed by atoms with van der Waals surface area (Å²) in [6.07, 6.45) is 3.61. The molecule has 2 unspecified atom stereocenters. The van der Waals surface area contributed by atoms with Crippen LogP contribution in [0, 0.1) is 11.3 Å². The predicted molar refractivity (Wildman–Crippen MR) is 116 cm³/mol. The molecule has 1 saturated carbocycles. The summed E-state index contributed by atoms with van der Waals surface area (Å²) < 4.78 is 5.49. The van der Waals surface area contributed by atoms with Crippen LogP contribution in [0.25, 0.3) is 0 Å². The van der Waals surface area contributed by atoms with Gasteiger partial charge >= 0.3 is 6.09 Å². The van der Waals surface area contributed by atoms with Crippen molar-refractivity contribution in [2.45, 2.75) is 75.6 Å². The summed E-state index contributed by atoms with van der Waals surface area (Å²) in [5.74, 6) is 0.656. The van der Waals surface area contributed by atoms with Crippen LogP contribution in [-0.4, -0.2) is 65.3 Å². The first kappa shape index (κ1) is 21.1. The van der Waals surface area contributed by atoms with Crippen molar-refractivity contribution in [3.63, 3.8) is 0 Å². The van der Waals surface area contributed by atoms with Gasteiger partial charge in [-0.1, -0.05) is 30.3 Å². The van der Waals surface area contributed by atoms with Gasteiger partial charge in [-0.05, 0) is 45.6 Å². The van der Waals surface area contributed by atoms with Crippen LogP contribution in [0.3, 0.4) is 0 Å². The second-order valence-corrected chi connectivity index (χ2v) is 10.2. The smallest absolute Gasteiger partial charge is 0.410 e. The number of likely N-dealkylation sites (tertiary alicyclic amines) is 2. The molecule has 2 aliphatic heterocycles. The molecule has 3 fully saturated rings. The lowest BCUT2D eigenvalue weighted by Gasteiger charge is -2.56. The van der Waals surface area contributed by atoms with Crippen molar-refractivity contribution in [2.75, 3.05) is 26.2 Å². The molecule has 1 aromatic carbocycles. The zero-order valence-electron chi connectivity index (χ0n) is 18.4. The van der Waals surface area contributed by atoms with Gasteiger partial charge < -0.3 is 15.0 Å². The van der Waals surface area contributed by atoms with E-state index in [-0.39, 0.29) is 11.6 Å². The highest BCUT2D eigenvalue weighted by Crippen LogP contribution is 2.42. The molecule has 0 spiro atoms. The van der Waals surface area contributed by atoms with E-state index in [1.165, 1.54) is 12.0 Å². The number of piperidine rings is 1. The zero-order valence-corrected chi connectivity index (χ0v) is 18.4. The van der Waals surface area contributed by atoms with Crippen LogP contribution >= 0.6 is 0 Å². The average Bonchev–Trinajstić information content (AvgIpc) is 3.43. The third-order valence-corrected chi connectivity index (χ3v) is 6.66. The summed E-state index contributed by atoms with van der Waals surface area (Å²) in [7, 11) is 0. The number of hydrogen-bond acceptors (Lipinski definition) is 5. The minimum atomic E-state index is -0.491. The Morgan fingerprint density at radius 3 is 2.50 bits per heavy atom. The first-order valence-electron chi connectivity index (χ1n) is 11.2. The van der Waals surface area contributed by atoms with Gasteiger partial charge in [-0.25, -0.2) is 4.79 Å². The zero-order chi connectivity index (χ0) is 21.4. The molecule has 1 aromatic rings. The number of hydrogen-bond donors (Lipinski definition) is 1. The fourth-order valence-electron chi connectivity index (χ4n) is 4.96. The van der Waals surface area contributed by atoms with Gasteiger partial charge in [0.05, 0.1) is 18.0 Å². The fraction of sp³-hybridized carbons (Fsp3) is 0.667. The Balaban J connectivity index is 1.26. The molecule has 2 saturated heterocycles. The molecule has 1 N–H and O–H groups in total. The van der Waals surface area contributed by atoms with Gasteiger partial charge in [-0.15, -0.1) is 0 Å². The first-order valence-corrected chi connectivity index (χ1v) is 11.2. The summed E-state index contributed by atoms with van der Waals surface area (Å²) >= 11 is 0. The van der Waals surface area contributed by atoms with Crippen LogP contribution in [0.1, 0.15) is 57.9 Å². The molecule has 6 heteroatoms. The van der Waals surface area contributed by atoms with Crippen molar-refractivity contribution in [1.29, 1.82) is 5.26 Å². The Morgan fingerprint density at radius 2 is 1.90 bits per heavy atom. The van der Waals surface area contributed by atoms with E-state index in [1.54, 1.807) is 4.90 Å². The monoisotopic (exact) mass is 410 g/mol. The molecule has 0 radical (unpaired) electrons. The van der Waals surface area contributed by atoms with Crippen LogP contribution in [0.2, 0.25) is 0 Å². The third kappa shape index (κ3) is 4.63. The predicted octanol–water partition coefficient (Wildman–Crippen LogP) is 3.50. The van der Waals surface area contributed by atoms with E-state index in [4.69, 9.17) is 4.74 Å². The maximum absolute atomic E-state index is 12.3. The molecule has 3 aliphatic rings. The Hall–Kier alpha value is -2.10. The van der Waals surface area contributed by atoms with E-state index in [9.17, 15) is 10.1 Å². The molecular weight excluding hydrogens is 376 g/mol. The molecule has 6 nitrogen and oxygen atoms in total. The van der Waals surface area contributed by atoms with Gasteiger partial charge in [0.25, 0.3) is 0 Å². The van der Waals surface area contributed by atoms with Crippen molar-refractivity contribution < 1.29 is 9.53 Å². The molecule has 4 rings (SSSR count).